The molecule has 0 bridgehead atoms. The summed E-state index contributed by atoms with van der Waals surface area (Å²) >= 11 is 1.27. The number of thiazole rings is 1. The molecule has 8 nitrogen and oxygen atoms in total. The van der Waals surface area contributed by atoms with Crippen molar-refractivity contribution in [3.05, 3.63) is 58.4 Å². The van der Waals surface area contributed by atoms with Crippen molar-refractivity contribution in [2.75, 3.05) is 26.6 Å². The SMILES string of the molecule is CCOCCn1c(=NC(=O)c2ccc(S(C)(=O)=O)cc2)sc2cc(C(=O)OC)ccc21. The molecule has 10 heteroatoms. The van der Waals surface area contributed by atoms with Crippen molar-refractivity contribution in [3.63, 3.8) is 0 Å². The highest BCUT2D eigenvalue weighted by Crippen LogP contribution is 2.20. The number of hydrogen-bond donors (Lipinski definition) is 0. The van der Waals surface area contributed by atoms with Crippen LogP contribution in [0.1, 0.15) is 27.6 Å². The number of nitrogens with zero attached hydrogens (tertiary/aromatic N) is 2. The van der Waals surface area contributed by atoms with Crippen molar-refractivity contribution in [1.82, 2.24) is 4.57 Å². The van der Waals surface area contributed by atoms with Crippen molar-refractivity contribution in [1.29, 1.82) is 0 Å². The molecule has 0 aliphatic rings. The lowest BCUT2D eigenvalue weighted by Crippen LogP contribution is -2.19. The van der Waals surface area contributed by atoms with Gasteiger partial charge in [0.2, 0.25) is 0 Å². The number of rotatable bonds is 7. The molecule has 0 unspecified atom stereocenters. The highest BCUT2D eigenvalue weighted by Gasteiger charge is 2.13. The Morgan fingerprint density at radius 1 is 1.10 bits per heavy atom. The molecular weight excluding hydrogens is 440 g/mol. The first-order valence-electron chi connectivity index (χ1n) is 9.43. The van der Waals surface area contributed by atoms with E-state index in [2.05, 4.69) is 4.99 Å². The van der Waals surface area contributed by atoms with Crippen LogP contribution in [0.5, 0.6) is 0 Å². The van der Waals surface area contributed by atoms with Gasteiger partial charge < -0.3 is 14.0 Å². The smallest absolute Gasteiger partial charge is 0.337 e. The Balaban J connectivity index is 2.05. The number of amides is 1. The minimum absolute atomic E-state index is 0.132. The molecule has 0 spiro atoms. The molecule has 0 aliphatic carbocycles. The predicted molar refractivity (Wildman–Crippen MR) is 117 cm³/mol. The maximum atomic E-state index is 12.7. The van der Waals surface area contributed by atoms with E-state index in [4.69, 9.17) is 9.47 Å². The van der Waals surface area contributed by atoms with Gasteiger partial charge in [-0.05, 0) is 49.4 Å². The van der Waals surface area contributed by atoms with Crippen LogP contribution in [0.3, 0.4) is 0 Å². The molecule has 3 aromatic rings. The monoisotopic (exact) mass is 462 g/mol. The second-order valence-electron chi connectivity index (χ2n) is 6.62. The third-order valence-corrected chi connectivity index (χ3v) is 6.66. The second kappa shape index (κ2) is 9.54. The Morgan fingerprint density at radius 3 is 2.39 bits per heavy atom. The molecule has 2 aromatic carbocycles. The number of sulfone groups is 1. The van der Waals surface area contributed by atoms with Crippen molar-refractivity contribution >= 4 is 43.3 Å². The molecular formula is C21H22N2O6S2. The lowest BCUT2D eigenvalue weighted by Gasteiger charge is -2.06. The van der Waals surface area contributed by atoms with E-state index in [1.54, 1.807) is 18.2 Å². The van der Waals surface area contributed by atoms with Gasteiger partial charge in [0, 0.05) is 25.0 Å². The van der Waals surface area contributed by atoms with E-state index in [0.29, 0.717) is 30.1 Å². The summed E-state index contributed by atoms with van der Waals surface area (Å²) in [6, 6.07) is 10.8. The normalized spacial score (nSPS) is 12.3. The first-order valence-corrected chi connectivity index (χ1v) is 12.1. The first-order chi connectivity index (χ1) is 14.7. The molecule has 31 heavy (non-hydrogen) atoms. The van der Waals surface area contributed by atoms with Crippen LogP contribution in [0.15, 0.2) is 52.4 Å². The molecule has 1 amide bonds. The average molecular weight is 463 g/mol. The van der Waals surface area contributed by atoms with Crippen LogP contribution in [0.25, 0.3) is 10.2 Å². The molecule has 0 aliphatic heterocycles. The quantitative estimate of drug-likeness (QED) is 0.395. The molecule has 1 heterocycles. The van der Waals surface area contributed by atoms with Gasteiger partial charge in [0.05, 0.1) is 34.4 Å². The van der Waals surface area contributed by atoms with Gasteiger partial charge in [-0.15, -0.1) is 0 Å². The molecule has 1 aromatic heterocycles. The lowest BCUT2D eigenvalue weighted by atomic mass is 10.2. The standard InChI is InChI=1S/C21H22N2O6S2/c1-4-29-12-11-23-17-10-7-15(20(25)28-2)13-18(17)30-21(23)22-19(24)14-5-8-16(9-6-14)31(3,26)27/h5-10,13H,4,11-12H2,1-3H3. The van der Waals surface area contributed by atoms with Crippen LogP contribution >= 0.6 is 11.3 Å². The Hall–Kier alpha value is -2.82. The minimum Gasteiger partial charge on any atom is -0.465 e. The van der Waals surface area contributed by atoms with E-state index in [1.807, 2.05) is 11.5 Å². The summed E-state index contributed by atoms with van der Waals surface area (Å²) in [5.74, 6) is -0.943. The van der Waals surface area contributed by atoms with Crippen molar-refractivity contribution in [2.45, 2.75) is 18.4 Å². The van der Waals surface area contributed by atoms with Crippen LogP contribution < -0.4 is 4.80 Å². The molecule has 0 N–H and O–H groups in total. The number of fused-ring (bicyclic) bond motifs is 1. The van der Waals surface area contributed by atoms with Gasteiger partial charge in [-0.1, -0.05) is 11.3 Å². The van der Waals surface area contributed by atoms with Crippen LogP contribution in [-0.2, 0) is 25.9 Å². The summed E-state index contributed by atoms with van der Waals surface area (Å²) < 4.78 is 36.1. The van der Waals surface area contributed by atoms with Gasteiger partial charge in [-0.2, -0.15) is 4.99 Å². The van der Waals surface area contributed by atoms with Crippen LogP contribution in [0, 0.1) is 0 Å². The molecule has 164 valence electrons. The van der Waals surface area contributed by atoms with Gasteiger partial charge >= 0.3 is 5.97 Å². The van der Waals surface area contributed by atoms with Crippen molar-refractivity contribution < 1.29 is 27.5 Å². The molecule has 0 atom stereocenters. The zero-order valence-electron chi connectivity index (χ0n) is 17.3. The van der Waals surface area contributed by atoms with Gasteiger partial charge in [0.25, 0.3) is 5.91 Å². The zero-order chi connectivity index (χ0) is 22.6. The van der Waals surface area contributed by atoms with E-state index in [9.17, 15) is 18.0 Å². The highest BCUT2D eigenvalue weighted by atomic mass is 32.2. The van der Waals surface area contributed by atoms with E-state index in [-0.39, 0.29) is 10.5 Å². The first kappa shape index (κ1) is 22.9. The number of methoxy groups -OCH3 is 1. The maximum Gasteiger partial charge on any atom is 0.337 e. The fraction of sp³-hybridized carbons (Fsp3) is 0.286. The van der Waals surface area contributed by atoms with Gasteiger partial charge in [0.1, 0.15) is 0 Å². The third kappa shape index (κ3) is 5.27. The van der Waals surface area contributed by atoms with Crippen molar-refractivity contribution in [2.24, 2.45) is 4.99 Å². The van der Waals surface area contributed by atoms with Crippen LogP contribution in [-0.4, -0.2) is 51.4 Å². The largest absolute Gasteiger partial charge is 0.465 e. The summed E-state index contributed by atoms with van der Waals surface area (Å²) in [6.07, 6.45) is 1.11. The fourth-order valence-electron chi connectivity index (χ4n) is 2.92. The van der Waals surface area contributed by atoms with Crippen LogP contribution in [0.2, 0.25) is 0 Å². The predicted octanol–water partition coefficient (Wildman–Crippen LogP) is 2.67. The summed E-state index contributed by atoms with van der Waals surface area (Å²) in [7, 11) is -2.03. The molecule has 0 radical (unpaired) electrons. The van der Waals surface area contributed by atoms with E-state index < -0.39 is 21.7 Å². The topological polar surface area (TPSA) is 104 Å². The fourth-order valence-corrected chi connectivity index (χ4v) is 4.64. The molecule has 0 saturated heterocycles. The highest BCUT2D eigenvalue weighted by molar-refractivity contribution is 7.90. The van der Waals surface area contributed by atoms with Crippen LogP contribution in [0.4, 0.5) is 0 Å². The van der Waals surface area contributed by atoms with E-state index in [1.165, 1.54) is 42.7 Å². The van der Waals surface area contributed by atoms with Gasteiger partial charge in [0.15, 0.2) is 14.6 Å². The summed E-state index contributed by atoms with van der Waals surface area (Å²) in [4.78, 5) is 29.4. The van der Waals surface area contributed by atoms with E-state index >= 15 is 0 Å². The van der Waals surface area contributed by atoms with Gasteiger partial charge in [-0.3, -0.25) is 4.79 Å². The van der Waals surface area contributed by atoms with Crippen molar-refractivity contribution in [3.8, 4) is 0 Å². The summed E-state index contributed by atoms with van der Waals surface area (Å²) in [6.45, 7) is 3.37. The molecule has 0 fully saturated rings. The summed E-state index contributed by atoms with van der Waals surface area (Å²) in [5, 5.41) is 0. The Morgan fingerprint density at radius 2 is 1.77 bits per heavy atom. The second-order valence-corrected chi connectivity index (χ2v) is 9.65. The Bertz CT molecular complexity index is 1290. The van der Waals surface area contributed by atoms with E-state index in [0.717, 1.165) is 16.5 Å². The Kier molecular flexibility index (Phi) is 7.04. The number of hydrogen-bond acceptors (Lipinski definition) is 7. The number of carbonyl (C=O) groups is 2. The molecule has 0 saturated carbocycles. The summed E-state index contributed by atoms with van der Waals surface area (Å²) in [5.41, 5.74) is 1.50. The minimum atomic E-state index is -3.35. The number of esters is 1. The number of ether oxygens (including phenoxy) is 2. The zero-order valence-corrected chi connectivity index (χ0v) is 19.0. The number of benzene rings is 2. The third-order valence-electron chi connectivity index (χ3n) is 4.49. The van der Waals surface area contributed by atoms with Gasteiger partial charge in [-0.25, -0.2) is 13.2 Å². The Labute approximate surface area is 183 Å². The molecule has 3 rings (SSSR count). The average Bonchev–Trinajstić information content (AvgIpc) is 3.09. The lowest BCUT2D eigenvalue weighted by molar-refractivity contribution is 0.0600. The maximum absolute atomic E-state index is 12.7. The number of carbonyl (C=O) groups excluding carboxylic acids is 2. The number of aromatic nitrogens is 1.